The molecule has 2 aromatic carbocycles. The first kappa shape index (κ1) is 15.7. The molecule has 2 N–H and O–H groups in total. The second-order valence-corrected chi connectivity index (χ2v) is 6.49. The van der Waals surface area contributed by atoms with E-state index >= 15 is 0 Å². The maximum absolute atomic E-state index is 12.1. The van der Waals surface area contributed by atoms with E-state index in [-0.39, 0.29) is 0 Å². The van der Waals surface area contributed by atoms with Gasteiger partial charge in [0, 0.05) is 17.2 Å². The van der Waals surface area contributed by atoms with Crippen LogP contribution in [-0.2, 0) is 17.3 Å². The molecule has 0 saturated heterocycles. The van der Waals surface area contributed by atoms with E-state index in [2.05, 4.69) is 0 Å². The van der Waals surface area contributed by atoms with Gasteiger partial charge in [0.25, 0.3) is 0 Å². The van der Waals surface area contributed by atoms with Crippen LogP contribution in [0.1, 0.15) is 17.5 Å². The summed E-state index contributed by atoms with van der Waals surface area (Å²) >= 11 is 0. The average molecular weight is 303 g/mol. The number of rotatable bonds is 7. The molecule has 0 heterocycles. The molecule has 0 radical (unpaired) electrons. The first-order chi connectivity index (χ1) is 10.2. The van der Waals surface area contributed by atoms with Crippen molar-refractivity contribution >= 4 is 10.8 Å². The molecule has 2 rings (SSSR count). The molecule has 0 bridgehead atoms. The van der Waals surface area contributed by atoms with E-state index in [9.17, 15) is 4.21 Å². The Morgan fingerprint density at radius 1 is 1.14 bits per heavy atom. The highest BCUT2D eigenvalue weighted by Crippen LogP contribution is 2.14. The predicted molar refractivity (Wildman–Crippen MR) is 86.9 cm³/mol. The third-order valence-electron chi connectivity index (χ3n) is 3.16. The molecule has 1 unspecified atom stereocenters. The van der Waals surface area contributed by atoms with Crippen molar-refractivity contribution in [2.75, 3.05) is 12.4 Å². The smallest absolute Gasteiger partial charge is 0.119 e. The monoisotopic (exact) mass is 303 g/mol. The Morgan fingerprint density at radius 3 is 2.62 bits per heavy atom. The molecular formula is C17H21NO2S. The van der Waals surface area contributed by atoms with Crippen molar-refractivity contribution in [2.24, 2.45) is 5.73 Å². The van der Waals surface area contributed by atoms with Crippen LogP contribution in [0, 0.1) is 6.92 Å². The molecular weight excluding hydrogens is 282 g/mol. The molecule has 0 fully saturated rings. The number of hydrogen-bond donors (Lipinski definition) is 1. The van der Waals surface area contributed by atoms with Gasteiger partial charge in [-0.2, -0.15) is 0 Å². The molecule has 112 valence electrons. The molecule has 0 aliphatic heterocycles. The lowest BCUT2D eigenvalue weighted by molar-refractivity contribution is 0.318. The van der Waals surface area contributed by atoms with E-state index in [4.69, 9.17) is 10.5 Å². The minimum absolute atomic E-state index is 0.509. The molecule has 3 nitrogen and oxygen atoms in total. The number of aryl methyl sites for hydroxylation is 1. The predicted octanol–water partition coefficient (Wildman–Crippen LogP) is 3.03. The lowest BCUT2D eigenvalue weighted by Crippen LogP contribution is -2.05. The van der Waals surface area contributed by atoms with Crippen LogP contribution < -0.4 is 10.5 Å². The van der Waals surface area contributed by atoms with Crippen LogP contribution >= 0.6 is 0 Å². The van der Waals surface area contributed by atoms with Crippen molar-refractivity contribution < 1.29 is 8.95 Å². The van der Waals surface area contributed by atoms with Crippen molar-refractivity contribution in [1.29, 1.82) is 0 Å². The highest BCUT2D eigenvalue weighted by atomic mass is 32.2. The Morgan fingerprint density at radius 2 is 1.90 bits per heavy atom. The van der Waals surface area contributed by atoms with Gasteiger partial charge < -0.3 is 10.5 Å². The maximum Gasteiger partial charge on any atom is 0.119 e. The largest absolute Gasteiger partial charge is 0.494 e. The molecule has 4 heteroatoms. The second kappa shape index (κ2) is 7.96. The third kappa shape index (κ3) is 4.99. The van der Waals surface area contributed by atoms with Gasteiger partial charge in [0.05, 0.1) is 17.4 Å². The summed E-state index contributed by atoms with van der Waals surface area (Å²) in [6, 6.07) is 15.6. The number of hydrogen-bond acceptors (Lipinski definition) is 3. The molecule has 0 saturated carbocycles. The van der Waals surface area contributed by atoms with Crippen LogP contribution in [-0.4, -0.2) is 16.6 Å². The summed E-state index contributed by atoms with van der Waals surface area (Å²) in [5.41, 5.74) is 7.82. The minimum Gasteiger partial charge on any atom is -0.494 e. The quantitative estimate of drug-likeness (QED) is 0.800. The van der Waals surface area contributed by atoms with Crippen molar-refractivity contribution in [1.82, 2.24) is 0 Å². The zero-order chi connectivity index (χ0) is 15.1. The van der Waals surface area contributed by atoms with Crippen molar-refractivity contribution in [3.8, 4) is 5.75 Å². The fourth-order valence-corrected chi connectivity index (χ4v) is 3.01. The Hall–Kier alpha value is -1.65. The van der Waals surface area contributed by atoms with E-state index in [0.717, 1.165) is 22.6 Å². The van der Waals surface area contributed by atoms with Gasteiger partial charge in [-0.15, -0.1) is 0 Å². The number of ether oxygens (including phenoxy) is 1. The van der Waals surface area contributed by atoms with E-state index in [1.54, 1.807) is 0 Å². The molecule has 1 atom stereocenters. The summed E-state index contributed by atoms with van der Waals surface area (Å²) in [6.07, 6.45) is 0.757. The molecule has 0 aliphatic rings. The average Bonchev–Trinajstić information content (AvgIpc) is 2.52. The van der Waals surface area contributed by atoms with Gasteiger partial charge in [-0.05, 0) is 43.2 Å². The normalized spacial score (nSPS) is 12.1. The number of benzene rings is 2. The Bertz CT molecular complexity index is 596. The van der Waals surface area contributed by atoms with E-state index in [1.165, 1.54) is 5.56 Å². The number of nitrogens with two attached hydrogens (primary N) is 1. The lowest BCUT2D eigenvalue weighted by Gasteiger charge is -2.07. The summed E-state index contributed by atoms with van der Waals surface area (Å²) in [5.74, 6) is 1.43. The van der Waals surface area contributed by atoms with E-state index in [0.29, 0.717) is 18.9 Å². The zero-order valence-electron chi connectivity index (χ0n) is 12.2. The molecule has 0 aliphatic carbocycles. The minimum atomic E-state index is -0.956. The van der Waals surface area contributed by atoms with Crippen LogP contribution in [0.5, 0.6) is 5.75 Å². The summed E-state index contributed by atoms with van der Waals surface area (Å²) < 4.78 is 17.8. The van der Waals surface area contributed by atoms with Crippen LogP contribution in [0.2, 0.25) is 0 Å². The SMILES string of the molecule is Cc1ccc(S(=O)CCCOc2cccc(CN)c2)cc1. The lowest BCUT2D eigenvalue weighted by atomic mass is 10.2. The van der Waals surface area contributed by atoms with Gasteiger partial charge in [0.15, 0.2) is 0 Å². The van der Waals surface area contributed by atoms with Crippen molar-refractivity contribution in [2.45, 2.75) is 24.8 Å². The highest BCUT2D eigenvalue weighted by molar-refractivity contribution is 7.85. The zero-order valence-corrected chi connectivity index (χ0v) is 13.1. The van der Waals surface area contributed by atoms with Gasteiger partial charge in [-0.25, -0.2) is 0 Å². The van der Waals surface area contributed by atoms with Crippen LogP contribution in [0.4, 0.5) is 0 Å². The van der Waals surface area contributed by atoms with Gasteiger partial charge in [0.2, 0.25) is 0 Å². The molecule has 0 amide bonds. The van der Waals surface area contributed by atoms with E-state index in [1.807, 2.05) is 55.5 Å². The van der Waals surface area contributed by atoms with Crippen molar-refractivity contribution in [3.63, 3.8) is 0 Å². The summed E-state index contributed by atoms with van der Waals surface area (Å²) in [4.78, 5) is 0.880. The van der Waals surface area contributed by atoms with Crippen LogP contribution in [0.3, 0.4) is 0 Å². The Balaban J connectivity index is 1.76. The summed E-state index contributed by atoms with van der Waals surface area (Å²) in [6.45, 7) is 3.09. The van der Waals surface area contributed by atoms with Crippen LogP contribution in [0.15, 0.2) is 53.4 Å². The summed E-state index contributed by atoms with van der Waals surface area (Å²) in [7, 11) is -0.956. The highest BCUT2D eigenvalue weighted by Gasteiger charge is 2.03. The third-order valence-corrected chi connectivity index (χ3v) is 4.62. The summed E-state index contributed by atoms with van der Waals surface area (Å²) in [5, 5.41) is 0. The molecule has 0 aromatic heterocycles. The Kier molecular flexibility index (Phi) is 5.96. The second-order valence-electron chi connectivity index (χ2n) is 4.92. The molecule has 0 spiro atoms. The maximum atomic E-state index is 12.1. The first-order valence-electron chi connectivity index (χ1n) is 7.06. The standard InChI is InChI=1S/C17H21NO2S/c1-14-6-8-17(9-7-14)21(19)11-3-10-20-16-5-2-4-15(12-16)13-18/h2,4-9,12H,3,10-11,13,18H2,1H3. The Labute approximate surface area is 128 Å². The topological polar surface area (TPSA) is 52.3 Å². The van der Waals surface area contributed by atoms with Crippen molar-refractivity contribution in [3.05, 3.63) is 59.7 Å². The molecule has 2 aromatic rings. The van der Waals surface area contributed by atoms with Crippen LogP contribution in [0.25, 0.3) is 0 Å². The van der Waals surface area contributed by atoms with Gasteiger partial charge in [-0.3, -0.25) is 4.21 Å². The van der Waals surface area contributed by atoms with Gasteiger partial charge in [-0.1, -0.05) is 29.8 Å². The first-order valence-corrected chi connectivity index (χ1v) is 8.38. The fourth-order valence-electron chi connectivity index (χ4n) is 1.95. The fraction of sp³-hybridized carbons (Fsp3) is 0.294. The van der Waals surface area contributed by atoms with Gasteiger partial charge >= 0.3 is 0 Å². The van der Waals surface area contributed by atoms with Gasteiger partial charge in [0.1, 0.15) is 5.75 Å². The molecule has 21 heavy (non-hydrogen) atoms. The van der Waals surface area contributed by atoms with E-state index < -0.39 is 10.8 Å².